The van der Waals surface area contributed by atoms with Gasteiger partial charge in [0.1, 0.15) is 0 Å². The molecule has 1 aromatic heterocycles. The highest BCUT2D eigenvalue weighted by molar-refractivity contribution is 7.07. The molecule has 0 aliphatic heterocycles. The van der Waals surface area contributed by atoms with E-state index in [-0.39, 0.29) is 11.0 Å². The lowest BCUT2D eigenvalue weighted by atomic mass is 10.1. The minimum atomic E-state index is 0. The summed E-state index contributed by atoms with van der Waals surface area (Å²) in [5, 5.41) is 4.08. The van der Waals surface area contributed by atoms with E-state index < -0.39 is 0 Å². The van der Waals surface area contributed by atoms with Crippen molar-refractivity contribution in [3.05, 3.63) is 82.6 Å². The zero-order valence-electron chi connectivity index (χ0n) is 10.0. The highest BCUT2D eigenvalue weighted by Gasteiger charge is 2.15. The second-order valence-electron chi connectivity index (χ2n) is 4.28. The first-order valence-corrected chi connectivity index (χ1v) is 7.03. The number of thiophene rings is 1. The van der Waals surface area contributed by atoms with Gasteiger partial charge in [0.05, 0.1) is 0 Å². The highest BCUT2D eigenvalue weighted by Crippen LogP contribution is 2.35. The summed E-state index contributed by atoms with van der Waals surface area (Å²) < 4.78 is 0. The molecule has 3 aromatic rings. The molecular weight excluding hydrogens is 264 g/mol. The molecule has 96 valence electrons. The molecule has 1 aliphatic carbocycles. The standard InChI is InChI=1S/C13H10.C4H4S.H4Si/c1-3-7-12-10(5-1)9-11-6-2-4-8-13(11)12;1-2-4-5-3-1;/h1-8H,9H2;1-4H;1H4. The molecule has 0 fully saturated rings. The van der Waals surface area contributed by atoms with Gasteiger partial charge in [0.2, 0.25) is 0 Å². The van der Waals surface area contributed by atoms with Crippen LogP contribution in [-0.2, 0) is 6.42 Å². The number of hydrogen-bond donors (Lipinski definition) is 0. The Morgan fingerprint density at radius 1 is 0.632 bits per heavy atom. The van der Waals surface area contributed by atoms with Crippen molar-refractivity contribution in [1.82, 2.24) is 0 Å². The van der Waals surface area contributed by atoms with Gasteiger partial charge in [-0.1, -0.05) is 60.7 Å². The second kappa shape index (κ2) is 6.50. The minimum absolute atomic E-state index is 0. The van der Waals surface area contributed by atoms with Crippen LogP contribution in [0.4, 0.5) is 0 Å². The van der Waals surface area contributed by atoms with Gasteiger partial charge in [-0.3, -0.25) is 0 Å². The number of rotatable bonds is 0. The Kier molecular flexibility index (Phi) is 4.72. The van der Waals surface area contributed by atoms with E-state index in [4.69, 9.17) is 0 Å². The minimum Gasteiger partial charge on any atom is -0.152 e. The van der Waals surface area contributed by atoms with E-state index in [1.54, 1.807) is 11.3 Å². The molecule has 1 heterocycles. The third-order valence-corrected chi connectivity index (χ3v) is 3.76. The highest BCUT2D eigenvalue weighted by atomic mass is 32.1. The number of fused-ring (bicyclic) bond motifs is 3. The Labute approximate surface area is 122 Å². The molecule has 0 spiro atoms. The number of benzene rings is 2. The van der Waals surface area contributed by atoms with Crippen molar-refractivity contribution < 1.29 is 0 Å². The first-order chi connectivity index (χ1) is 8.95. The Morgan fingerprint density at radius 2 is 1.11 bits per heavy atom. The van der Waals surface area contributed by atoms with Crippen LogP contribution >= 0.6 is 11.3 Å². The molecule has 0 atom stereocenters. The van der Waals surface area contributed by atoms with Crippen LogP contribution in [0.15, 0.2) is 71.4 Å². The molecule has 0 bridgehead atoms. The first-order valence-electron chi connectivity index (χ1n) is 6.08. The fourth-order valence-corrected chi connectivity index (χ4v) is 2.76. The molecule has 2 heteroatoms. The monoisotopic (exact) mass is 282 g/mol. The maximum atomic E-state index is 2.22. The zero-order valence-corrected chi connectivity index (χ0v) is 10.9. The molecule has 0 amide bonds. The van der Waals surface area contributed by atoms with E-state index in [0.717, 1.165) is 6.42 Å². The van der Waals surface area contributed by atoms with Crippen LogP contribution in [0, 0.1) is 0 Å². The van der Waals surface area contributed by atoms with Crippen molar-refractivity contribution in [1.29, 1.82) is 0 Å². The lowest BCUT2D eigenvalue weighted by molar-refractivity contribution is 1.26. The van der Waals surface area contributed by atoms with Crippen molar-refractivity contribution in [2.24, 2.45) is 0 Å². The molecule has 2 aromatic carbocycles. The summed E-state index contributed by atoms with van der Waals surface area (Å²) in [7, 11) is 0. The fourth-order valence-electron chi connectivity index (χ4n) is 2.31. The van der Waals surface area contributed by atoms with Crippen LogP contribution in [0.3, 0.4) is 0 Å². The van der Waals surface area contributed by atoms with Crippen LogP contribution in [0.5, 0.6) is 0 Å². The van der Waals surface area contributed by atoms with E-state index in [0.29, 0.717) is 0 Å². The molecule has 0 N–H and O–H groups in total. The van der Waals surface area contributed by atoms with Crippen LogP contribution < -0.4 is 0 Å². The summed E-state index contributed by atoms with van der Waals surface area (Å²) in [5.41, 5.74) is 5.75. The molecule has 1 aliphatic rings. The van der Waals surface area contributed by atoms with Crippen LogP contribution in [0.25, 0.3) is 11.1 Å². The Hall–Kier alpha value is -1.64. The van der Waals surface area contributed by atoms with E-state index in [2.05, 4.69) is 48.5 Å². The number of hydrogen-bond acceptors (Lipinski definition) is 1. The van der Waals surface area contributed by atoms with Gasteiger partial charge in [-0.2, -0.15) is 11.3 Å². The summed E-state index contributed by atoms with van der Waals surface area (Å²) in [4.78, 5) is 0. The summed E-state index contributed by atoms with van der Waals surface area (Å²) >= 11 is 1.71. The molecule has 19 heavy (non-hydrogen) atoms. The molecule has 0 unspecified atom stereocenters. The molecular formula is C17H18SSi. The normalized spacial score (nSPS) is 10.5. The van der Waals surface area contributed by atoms with Crippen molar-refractivity contribution >= 4 is 22.3 Å². The predicted octanol–water partition coefficient (Wildman–Crippen LogP) is 3.55. The Bertz CT molecular complexity index is 569. The van der Waals surface area contributed by atoms with Gasteiger partial charge in [0.15, 0.2) is 0 Å². The van der Waals surface area contributed by atoms with Gasteiger partial charge in [-0.15, -0.1) is 0 Å². The van der Waals surface area contributed by atoms with Crippen LogP contribution in [-0.4, -0.2) is 11.0 Å². The maximum absolute atomic E-state index is 2.22. The van der Waals surface area contributed by atoms with E-state index in [9.17, 15) is 0 Å². The second-order valence-corrected chi connectivity index (χ2v) is 5.10. The fraction of sp³-hybridized carbons (Fsp3) is 0.0588. The summed E-state index contributed by atoms with van der Waals surface area (Å²) in [5.74, 6) is 0. The van der Waals surface area contributed by atoms with E-state index >= 15 is 0 Å². The average molecular weight is 282 g/mol. The molecule has 0 saturated carbocycles. The van der Waals surface area contributed by atoms with Gasteiger partial charge in [-0.05, 0) is 50.4 Å². The van der Waals surface area contributed by atoms with Crippen molar-refractivity contribution in [2.75, 3.05) is 0 Å². The quantitative estimate of drug-likeness (QED) is 0.433. The van der Waals surface area contributed by atoms with Gasteiger partial charge in [0.25, 0.3) is 0 Å². The predicted molar refractivity (Wildman–Crippen MR) is 90.3 cm³/mol. The largest absolute Gasteiger partial charge is 0.152 e. The lowest BCUT2D eigenvalue weighted by Gasteiger charge is -1.98. The summed E-state index contributed by atoms with van der Waals surface area (Å²) in [6.07, 6.45) is 1.10. The summed E-state index contributed by atoms with van der Waals surface area (Å²) in [6, 6.07) is 21.3. The molecule has 4 rings (SSSR count). The van der Waals surface area contributed by atoms with E-state index in [1.165, 1.54) is 22.3 Å². The third kappa shape index (κ3) is 3.03. The van der Waals surface area contributed by atoms with Crippen molar-refractivity contribution in [3.8, 4) is 11.1 Å². The van der Waals surface area contributed by atoms with Crippen LogP contribution in [0.1, 0.15) is 11.1 Å². The third-order valence-electron chi connectivity index (χ3n) is 3.13. The van der Waals surface area contributed by atoms with Gasteiger partial charge < -0.3 is 0 Å². The Morgan fingerprint density at radius 3 is 1.53 bits per heavy atom. The average Bonchev–Trinajstić information content (AvgIpc) is 3.10. The maximum Gasteiger partial charge on any atom is -0.00135 e. The van der Waals surface area contributed by atoms with Crippen LogP contribution in [0.2, 0.25) is 0 Å². The molecule has 0 nitrogen and oxygen atoms in total. The SMILES string of the molecule is [SiH4].c1ccc2c(c1)Cc1ccccc1-2.c1ccsc1. The Balaban J connectivity index is 0.000000190. The lowest BCUT2D eigenvalue weighted by Crippen LogP contribution is -1.77. The summed E-state index contributed by atoms with van der Waals surface area (Å²) in [6.45, 7) is 0. The molecule has 0 saturated heterocycles. The van der Waals surface area contributed by atoms with E-state index in [1.807, 2.05) is 22.9 Å². The first kappa shape index (κ1) is 13.8. The topological polar surface area (TPSA) is 0 Å². The van der Waals surface area contributed by atoms with Crippen molar-refractivity contribution in [3.63, 3.8) is 0 Å². The van der Waals surface area contributed by atoms with Gasteiger partial charge in [-0.25, -0.2) is 0 Å². The smallest absolute Gasteiger partial charge is 0.00135 e. The van der Waals surface area contributed by atoms with Gasteiger partial charge in [0, 0.05) is 0 Å². The zero-order chi connectivity index (χ0) is 12.2. The molecule has 0 radical (unpaired) electrons. The van der Waals surface area contributed by atoms with Crippen molar-refractivity contribution in [2.45, 2.75) is 6.42 Å². The van der Waals surface area contributed by atoms with Gasteiger partial charge >= 0.3 is 0 Å².